The summed E-state index contributed by atoms with van der Waals surface area (Å²) in [5.74, 6) is 1.96. The molecule has 0 aliphatic rings. The second-order valence-electron chi connectivity index (χ2n) is 3.45. The Hall–Kier alpha value is -1.63. The maximum Gasteiger partial charge on any atom is 0.224 e. The van der Waals surface area contributed by atoms with Gasteiger partial charge in [0.2, 0.25) is 5.95 Å². The maximum absolute atomic E-state index is 5.37. The lowest BCUT2D eigenvalue weighted by Gasteiger charge is -2.06. The molecule has 0 amide bonds. The molecule has 0 aliphatic heterocycles. The molecule has 0 bridgehead atoms. The summed E-state index contributed by atoms with van der Waals surface area (Å²) in [6, 6.07) is 0. The number of anilines is 1. The van der Waals surface area contributed by atoms with E-state index in [4.69, 9.17) is 4.74 Å². The molecule has 2 heterocycles. The number of hydrogen-bond acceptors (Lipinski definition) is 5. The normalized spacial score (nSPS) is 10.4. The number of nitrogens with zero attached hydrogens (tertiary/aromatic N) is 4. The van der Waals surface area contributed by atoms with E-state index in [0.717, 1.165) is 11.0 Å². The van der Waals surface area contributed by atoms with Crippen molar-refractivity contribution in [1.82, 2.24) is 19.7 Å². The van der Waals surface area contributed by atoms with Gasteiger partial charge in [0.1, 0.15) is 0 Å². The molecule has 2 aromatic rings. The van der Waals surface area contributed by atoms with Crippen molar-refractivity contribution >= 4 is 21.9 Å². The van der Waals surface area contributed by atoms with Gasteiger partial charge in [0.25, 0.3) is 0 Å². The number of halogens is 1. The molecule has 2 rings (SSSR count). The predicted octanol–water partition coefficient (Wildman–Crippen LogP) is 2.26. The van der Waals surface area contributed by atoms with Gasteiger partial charge in [-0.3, -0.25) is 0 Å². The summed E-state index contributed by atoms with van der Waals surface area (Å²) in [5.41, 5.74) is 0. The lowest BCUT2D eigenvalue weighted by atomic mass is 10.5. The van der Waals surface area contributed by atoms with Crippen LogP contribution in [0.3, 0.4) is 0 Å². The summed E-state index contributed by atoms with van der Waals surface area (Å²) < 4.78 is 7.79. The summed E-state index contributed by atoms with van der Waals surface area (Å²) in [6.07, 6.45) is 5.14. The van der Waals surface area contributed by atoms with Gasteiger partial charge in [-0.2, -0.15) is 10.1 Å². The van der Waals surface area contributed by atoms with Crippen LogP contribution < -0.4 is 10.1 Å². The van der Waals surface area contributed by atoms with Gasteiger partial charge in [-0.15, -0.1) is 0 Å². The molecular weight excluding hydrogens is 298 g/mol. The highest BCUT2D eigenvalue weighted by Crippen LogP contribution is 2.20. The summed E-state index contributed by atoms with van der Waals surface area (Å²) >= 11 is 3.41. The Morgan fingerprint density at radius 2 is 2.22 bits per heavy atom. The Labute approximate surface area is 114 Å². The molecule has 7 heteroatoms. The monoisotopic (exact) mass is 311 g/mol. The van der Waals surface area contributed by atoms with Crippen molar-refractivity contribution in [2.45, 2.75) is 13.8 Å². The average molecular weight is 312 g/mol. The van der Waals surface area contributed by atoms with Gasteiger partial charge in [0, 0.05) is 12.7 Å². The van der Waals surface area contributed by atoms with E-state index in [0.29, 0.717) is 24.1 Å². The third-order valence-electron chi connectivity index (χ3n) is 2.15. The average Bonchev–Trinajstić information content (AvgIpc) is 2.81. The maximum atomic E-state index is 5.37. The van der Waals surface area contributed by atoms with Crippen LogP contribution in [0.2, 0.25) is 0 Å². The number of hydrogen-bond donors (Lipinski definition) is 1. The first-order valence-corrected chi connectivity index (χ1v) is 6.48. The minimum atomic E-state index is 0.573. The smallest absolute Gasteiger partial charge is 0.224 e. The molecule has 96 valence electrons. The van der Waals surface area contributed by atoms with Crippen LogP contribution in [0.4, 0.5) is 5.95 Å². The Bertz CT molecular complexity index is 528. The topological polar surface area (TPSA) is 64.9 Å². The lowest BCUT2D eigenvalue weighted by molar-refractivity contribution is 0.340. The summed E-state index contributed by atoms with van der Waals surface area (Å²) in [4.78, 5) is 8.54. The Balaban J connectivity index is 2.32. The molecule has 18 heavy (non-hydrogen) atoms. The minimum Gasteiger partial charge on any atom is -0.491 e. The van der Waals surface area contributed by atoms with Crippen molar-refractivity contribution in [3.8, 4) is 11.6 Å². The Morgan fingerprint density at radius 1 is 1.39 bits per heavy atom. The molecule has 0 atom stereocenters. The van der Waals surface area contributed by atoms with Gasteiger partial charge >= 0.3 is 0 Å². The third kappa shape index (κ3) is 2.79. The van der Waals surface area contributed by atoms with E-state index in [1.165, 1.54) is 0 Å². The summed E-state index contributed by atoms with van der Waals surface area (Å²) in [6.45, 7) is 5.30. The molecule has 0 fully saturated rings. The number of rotatable bonds is 5. The SMILES string of the molecule is CCNc1ncc(Br)c(-n2cc(OCC)cn2)n1. The standard InChI is InChI=1S/C11H14BrN5O/c1-3-13-11-14-6-9(12)10(16-11)17-7-8(5-15-17)18-4-2/h5-7H,3-4H2,1-2H3,(H,13,14,16). The number of aromatic nitrogens is 4. The summed E-state index contributed by atoms with van der Waals surface area (Å²) in [5, 5.41) is 7.27. The van der Waals surface area contributed by atoms with Crippen molar-refractivity contribution in [2.75, 3.05) is 18.5 Å². The predicted molar refractivity (Wildman–Crippen MR) is 72.2 cm³/mol. The first kappa shape index (κ1) is 12.8. The molecule has 1 N–H and O–H groups in total. The van der Waals surface area contributed by atoms with Gasteiger partial charge < -0.3 is 10.1 Å². The highest BCUT2D eigenvalue weighted by Gasteiger charge is 2.09. The second kappa shape index (κ2) is 5.81. The highest BCUT2D eigenvalue weighted by atomic mass is 79.9. The fourth-order valence-electron chi connectivity index (χ4n) is 1.43. The van der Waals surface area contributed by atoms with Crippen molar-refractivity contribution in [3.05, 3.63) is 23.1 Å². The number of nitrogens with one attached hydrogen (secondary N) is 1. The van der Waals surface area contributed by atoms with Gasteiger partial charge in [0.15, 0.2) is 11.6 Å². The van der Waals surface area contributed by atoms with Crippen molar-refractivity contribution in [3.63, 3.8) is 0 Å². The molecule has 0 radical (unpaired) electrons. The zero-order chi connectivity index (χ0) is 13.0. The van der Waals surface area contributed by atoms with Gasteiger partial charge in [-0.05, 0) is 29.8 Å². The molecule has 0 aromatic carbocycles. The molecule has 0 saturated carbocycles. The lowest BCUT2D eigenvalue weighted by Crippen LogP contribution is -2.06. The van der Waals surface area contributed by atoms with Gasteiger partial charge in [-0.25, -0.2) is 9.67 Å². The fraction of sp³-hybridized carbons (Fsp3) is 0.364. The second-order valence-corrected chi connectivity index (χ2v) is 4.30. The Kier molecular flexibility index (Phi) is 4.14. The van der Waals surface area contributed by atoms with Crippen molar-refractivity contribution in [2.24, 2.45) is 0 Å². The van der Waals surface area contributed by atoms with Crippen LogP contribution >= 0.6 is 15.9 Å². The van der Waals surface area contributed by atoms with E-state index in [9.17, 15) is 0 Å². The third-order valence-corrected chi connectivity index (χ3v) is 2.71. The van der Waals surface area contributed by atoms with Crippen LogP contribution in [0.15, 0.2) is 23.1 Å². The molecule has 0 saturated heterocycles. The van der Waals surface area contributed by atoms with E-state index >= 15 is 0 Å². The zero-order valence-electron chi connectivity index (χ0n) is 10.2. The van der Waals surface area contributed by atoms with Crippen LogP contribution in [-0.4, -0.2) is 32.9 Å². The summed E-state index contributed by atoms with van der Waals surface area (Å²) in [7, 11) is 0. The van der Waals surface area contributed by atoms with E-state index in [1.807, 2.05) is 13.8 Å². The van der Waals surface area contributed by atoms with Crippen LogP contribution in [0.5, 0.6) is 5.75 Å². The highest BCUT2D eigenvalue weighted by molar-refractivity contribution is 9.10. The molecular formula is C11H14BrN5O. The van der Waals surface area contributed by atoms with E-state index in [-0.39, 0.29) is 0 Å². The molecule has 6 nitrogen and oxygen atoms in total. The van der Waals surface area contributed by atoms with E-state index in [1.54, 1.807) is 23.3 Å². The van der Waals surface area contributed by atoms with E-state index < -0.39 is 0 Å². The zero-order valence-corrected chi connectivity index (χ0v) is 11.8. The van der Waals surface area contributed by atoms with Crippen molar-refractivity contribution < 1.29 is 4.74 Å². The van der Waals surface area contributed by atoms with Crippen LogP contribution in [0, 0.1) is 0 Å². The van der Waals surface area contributed by atoms with Crippen LogP contribution in [-0.2, 0) is 0 Å². The minimum absolute atomic E-state index is 0.573. The van der Waals surface area contributed by atoms with E-state index in [2.05, 4.69) is 36.3 Å². The van der Waals surface area contributed by atoms with Crippen LogP contribution in [0.1, 0.15) is 13.8 Å². The quantitative estimate of drug-likeness (QED) is 0.917. The largest absolute Gasteiger partial charge is 0.491 e. The number of ether oxygens (including phenoxy) is 1. The van der Waals surface area contributed by atoms with Crippen LogP contribution in [0.25, 0.3) is 5.82 Å². The van der Waals surface area contributed by atoms with Gasteiger partial charge in [-0.1, -0.05) is 0 Å². The first-order valence-electron chi connectivity index (χ1n) is 5.68. The molecule has 2 aromatic heterocycles. The molecule has 0 spiro atoms. The first-order chi connectivity index (χ1) is 8.74. The van der Waals surface area contributed by atoms with Gasteiger partial charge in [0.05, 0.1) is 23.5 Å². The van der Waals surface area contributed by atoms with Crippen molar-refractivity contribution in [1.29, 1.82) is 0 Å². The molecule has 0 unspecified atom stereocenters. The fourth-order valence-corrected chi connectivity index (χ4v) is 1.80. The Morgan fingerprint density at radius 3 is 2.94 bits per heavy atom. The molecule has 0 aliphatic carbocycles.